The van der Waals surface area contributed by atoms with Crippen molar-refractivity contribution in [3.8, 4) is 5.75 Å². The fourth-order valence-corrected chi connectivity index (χ4v) is 3.03. The van der Waals surface area contributed by atoms with E-state index in [2.05, 4.69) is 15.2 Å². The van der Waals surface area contributed by atoms with Gasteiger partial charge in [0.15, 0.2) is 6.61 Å². The maximum absolute atomic E-state index is 12.0. The first kappa shape index (κ1) is 17.8. The molecule has 7 heteroatoms. The molecule has 0 spiro atoms. The van der Waals surface area contributed by atoms with Crippen LogP contribution >= 0.6 is 23.2 Å². The number of aromatic nitrogens is 1. The number of ether oxygens (including phenoxy) is 1. The van der Waals surface area contributed by atoms with Gasteiger partial charge in [-0.3, -0.25) is 4.79 Å². The number of anilines is 2. The molecule has 2 aromatic rings. The van der Waals surface area contributed by atoms with Crippen molar-refractivity contribution in [3.05, 3.63) is 46.6 Å². The van der Waals surface area contributed by atoms with Gasteiger partial charge < -0.3 is 15.0 Å². The number of halogens is 2. The Morgan fingerprint density at radius 3 is 2.68 bits per heavy atom. The summed E-state index contributed by atoms with van der Waals surface area (Å²) in [5.41, 5.74) is 0.631. The van der Waals surface area contributed by atoms with E-state index in [4.69, 9.17) is 27.9 Å². The van der Waals surface area contributed by atoms with Gasteiger partial charge in [0.2, 0.25) is 0 Å². The molecule has 1 aromatic heterocycles. The van der Waals surface area contributed by atoms with Gasteiger partial charge in [-0.05, 0) is 43.5 Å². The molecule has 1 N–H and O–H groups in total. The zero-order valence-electron chi connectivity index (χ0n) is 13.7. The van der Waals surface area contributed by atoms with Crippen molar-refractivity contribution in [2.45, 2.75) is 19.3 Å². The van der Waals surface area contributed by atoms with Gasteiger partial charge in [-0.1, -0.05) is 23.2 Å². The number of carbonyl (C=O) groups excluding carboxylic acids is 1. The van der Waals surface area contributed by atoms with Crippen LogP contribution in [0.2, 0.25) is 10.0 Å². The molecule has 25 heavy (non-hydrogen) atoms. The summed E-state index contributed by atoms with van der Waals surface area (Å²) in [6.45, 7) is 1.91. The second-order valence-corrected chi connectivity index (χ2v) is 6.71. The molecule has 3 rings (SSSR count). The van der Waals surface area contributed by atoms with E-state index >= 15 is 0 Å². The molecule has 2 heterocycles. The summed E-state index contributed by atoms with van der Waals surface area (Å²) in [5, 5.41) is 3.66. The summed E-state index contributed by atoms with van der Waals surface area (Å²) in [5.74, 6) is 1.03. The third-order valence-electron chi connectivity index (χ3n) is 3.96. The van der Waals surface area contributed by atoms with Gasteiger partial charge in [-0.2, -0.15) is 0 Å². The number of rotatable bonds is 5. The number of piperidine rings is 1. The van der Waals surface area contributed by atoms with Crippen LogP contribution in [0.5, 0.6) is 5.75 Å². The molecular weight excluding hydrogens is 361 g/mol. The Hall–Kier alpha value is -1.98. The summed E-state index contributed by atoms with van der Waals surface area (Å²) in [6.07, 6.45) is 5.34. The maximum atomic E-state index is 12.0. The van der Waals surface area contributed by atoms with Gasteiger partial charge in [0.1, 0.15) is 11.6 Å². The number of carbonyl (C=O) groups is 1. The first-order chi connectivity index (χ1) is 12.1. The van der Waals surface area contributed by atoms with E-state index in [1.165, 1.54) is 19.3 Å². The van der Waals surface area contributed by atoms with Gasteiger partial charge in [-0.15, -0.1) is 0 Å². The van der Waals surface area contributed by atoms with Gasteiger partial charge in [0, 0.05) is 24.2 Å². The molecule has 0 atom stereocenters. The summed E-state index contributed by atoms with van der Waals surface area (Å²) in [7, 11) is 0. The monoisotopic (exact) mass is 379 g/mol. The minimum atomic E-state index is -0.288. The lowest BCUT2D eigenvalue weighted by atomic mass is 10.1. The number of amides is 1. The van der Waals surface area contributed by atoms with Gasteiger partial charge in [0.25, 0.3) is 5.91 Å². The average molecular weight is 380 g/mol. The molecule has 132 valence electrons. The Kier molecular flexibility index (Phi) is 6.00. The Bertz CT molecular complexity index is 732. The molecule has 1 aliphatic heterocycles. The number of hydrogen-bond acceptors (Lipinski definition) is 4. The van der Waals surface area contributed by atoms with Crippen molar-refractivity contribution < 1.29 is 9.53 Å². The highest BCUT2D eigenvalue weighted by Crippen LogP contribution is 2.27. The summed E-state index contributed by atoms with van der Waals surface area (Å²) >= 11 is 11.9. The Labute approximate surface area is 156 Å². The largest absolute Gasteiger partial charge is 0.482 e. The molecule has 0 bridgehead atoms. The van der Waals surface area contributed by atoms with Crippen molar-refractivity contribution >= 4 is 40.6 Å². The van der Waals surface area contributed by atoms with Crippen molar-refractivity contribution in [1.29, 1.82) is 0 Å². The Balaban J connectivity index is 1.53. The highest BCUT2D eigenvalue weighted by Gasteiger charge is 2.12. The van der Waals surface area contributed by atoms with Crippen LogP contribution in [0, 0.1) is 0 Å². The van der Waals surface area contributed by atoms with Crippen molar-refractivity contribution in [2.24, 2.45) is 0 Å². The predicted octanol–water partition coefficient (Wildman–Crippen LogP) is 4.40. The smallest absolute Gasteiger partial charge is 0.262 e. The first-order valence-electron chi connectivity index (χ1n) is 8.20. The number of nitrogens with one attached hydrogen (secondary N) is 1. The van der Waals surface area contributed by atoms with E-state index in [0.29, 0.717) is 21.5 Å². The van der Waals surface area contributed by atoms with Crippen LogP contribution < -0.4 is 15.0 Å². The Morgan fingerprint density at radius 1 is 1.16 bits per heavy atom. The lowest BCUT2D eigenvalue weighted by Crippen LogP contribution is -2.30. The molecule has 0 unspecified atom stereocenters. The maximum Gasteiger partial charge on any atom is 0.262 e. The lowest BCUT2D eigenvalue weighted by molar-refractivity contribution is -0.118. The van der Waals surface area contributed by atoms with Gasteiger partial charge in [-0.25, -0.2) is 4.98 Å². The van der Waals surface area contributed by atoms with E-state index in [1.54, 1.807) is 24.4 Å². The molecule has 0 aliphatic carbocycles. The number of benzene rings is 1. The number of hydrogen-bond donors (Lipinski definition) is 1. The normalized spacial score (nSPS) is 14.2. The molecule has 0 radical (unpaired) electrons. The molecule has 0 saturated carbocycles. The molecule has 5 nitrogen and oxygen atoms in total. The standard InChI is InChI=1S/C18H19Cl2N3O2/c19-13-4-6-15(20)16(10-13)25-12-18(24)22-14-5-7-17(21-11-14)23-8-2-1-3-9-23/h4-7,10-11H,1-3,8-9,12H2,(H,22,24). The van der Waals surface area contributed by atoms with E-state index < -0.39 is 0 Å². The zero-order valence-corrected chi connectivity index (χ0v) is 15.2. The number of pyridine rings is 1. The molecule has 1 aliphatic rings. The molecule has 1 saturated heterocycles. The van der Waals surface area contributed by atoms with Crippen LogP contribution in [0.15, 0.2) is 36.5 Å². The second kappa shape index (κ2) is 8.41. The third kappa shape index (κ3) is 5.00. The van der Waals surface area contributed by atoms with Crippen molar-refractivity contribution in [3.63, 3.8) is 0 Å². The molecule has 1 aromatic carbocycles. The van der Waals surface area contributed by atoms with E-state index in [9.17, 15) is 4.79 Å². The fourth-order valence-electron chi connectivity index (χ4n) is 2.70. The SMILES string of the molecule is O=C(COc1cc(Cl)ccc1Cl)Nc1ccc(N2CCCCC2)nc1. The topological polar surface area (TPSA) is 54.5 Å². The third-order valence-corrected chi connectivity index (χ3v) is 4.51. The van der Waals surface area contributed by atoms with Crippen LogP contribution in [0.25, 0.3) is 0 Å². The highest BCUT2D eigenvalue weighted by atomic mass is 35.5. The molecule has 1 amide bonds. The van der Waals surface area contributed by atoms with Gasteiger partial charge in [0.05, 0.1) is 16.9 Å². The van der Waals surface area contributed by atoms with Crippen LogP contribution in [0.3, 0.4) is 0 Å². The lowest BCUT2D eigenvalue weighted by Gasteiger charge is -2.27. The summed E-state index contributed by atoms with van der Waals surface area (Å²) < 4.78 is 5.41. The minimum absolute atomic E-state index is 0.159. The van der Waals surface area contributed by atoms with E-state index in [-0.39, 0.29) is 12.5 Å². The zero-order chi connectivity index (χ0) is 17.6. The molecule has 1 fully saturated rings. The fraction of sp³-hybridized carbons (Fsp3) is 0.333. The average Bonchev–Trinajstić information content (AvgIpc) is 2.64. The highest BCUT2D eigenvalue weighted by molar-refractivity contribution is 6.34. The summed E-state index contributed by atoms with van der Waals surface area (Å²) in [4.78, 5) is 18.7. The Morgan fingerprint density at radius 2 is 1.96 bits per heavy atom. The van der Waals surface area contributed by atoms with E-state index in [0.717, 1.165) is 18.9 Å². The van der Waals surface area contributed by atoms with Crippen LogP contribution in [0.4, 0.5) is 11.5 Å². The van der Waals surface area contributed by atoms with Crippen LogP contribution in [0.1, 0.15) is 19.3 Å². The minimum Gasteiger partial charge on any atom is -0.482 e. The molecular formula is C18H19Cl2N3O2. The van der Waals surface area contributed by atoms with Gasteiger partial charge >= 0.3 is 0 Å². The quantitative estimate of drug-likeness (QED) is 0.836. The van der Waals surface area contributed by atoms with Crippen molar-refractivity contribution in [1.82, 2.24) is 4.98 Å². The predicted molar refractivity (Wildman–Crippen MR) is 101 cm³/mol. The van der Waals surface area contributed by atoms with Crippen LogP contribution in [-0.2, 0) is 4.79 Å². The van der Waals surface area contributed by atoms with Crippen LogP contribution in [-0.4, -0.2) is 30.6 Å². The number of nitrogens with zero attached hydrogens (tertiary/aromatic N) is 2. The van der Waals surface area contributed by atoms with E-state index in [1.807, 2.05) is 12.1 Å². The van der Waals surface area contributed by atoms with Crippen molar-refractivity contribution in [2.75, 3.05) is 29.9 Å². The second-order valence-electron chi connectivity index (χ2n) is 5.86. The first-order valence-corrected chi connectivity index (χ1v) is 8.96. The summed E-state index contributed by atoms with van der Waals surface area (Å²) in [6, 6.07) is 8.63.